The molecule has 0 aliphatic rings. The van der Waals surface area contributed by atoms with E-state index in [0.29, 0.717) is 5.70 Å². The van der Waals surface area contributed by atoms with Crippen LogP contribution in [0.4, 0.5) is 0 Å². The normalized spacial score (nSPS) is 12.4. The molecule has 0 amide bonds. The standard InChI is InChI=1S/C6H13NO2/c1-4-5(6(8)9)7(2)3/h4,6,8-9H,1-3H3. The van der Waals surface area contributed by atoms with Crippen LogP contribution < -0.4 is 0 Å². The number of allylic oxidation sites excluding steroid dienone is 1. The third-order valence-electron chi connectivity index (χ3n) is 1.08. The van der Waals surface area contributed by atoms with Gasteiger partial charge in [-0.15, -0.1) is 0 Å². The van der Waals surface area contributed by atoms with E-state index in [0.717, 1.165) is 0 Å². The maximum atomic E-state index is 8.63. The van der Waals surface area contributed by atoms with E-state index in [2.05, 4.69) is 0 Å². The van der Waals surface area contributed by atoms with Gasteiger partial charge in [0.05, 0.1) is 5.70 Å². The Kier molecular flexibility index (Phi) is 3.27. The van der Waals surface area contributed by atoms with Crippen LogP contribution in [0.3, 0.4) is 0 Å². The zero-order valence-electron chi connectivity index (χ0n) is 6.00. The molecule has 0 saturated heterocycles. The van der Waals surface area contributed by atoms with Gasteiger partial charge in [0.2, 0.25) is 0 Å². The molecule has 0 aromatic heterocycles. The van der Waals surface area contributed by atoms with Crippen molar-refractivity contribution in [2.45, 2.75) is 13.2 Å². The molecular formula is C6H13NO2. The van der Waals surface area contributed by atoms with Crippen molar-refractivity contribution in [3.63, 3.8) is 0 Å². The summed E-state index contributed by atoms with van der Waals surface area (Å²) in [5.74, 6) is 0. The Labute approximate surface area is 55.2 Å². The molecule has 0 radical (unpaired) electrons. The summed E-state index contributed by atoms with van der Waals surface area (Å²) in [6.07, 6.45) is 0.301. The van der Waals surface area contributed by atoms with E-state index in [1.54, 1.807) is 32.0 Å². The van der Waals surface area contributed by atoms with Crippen LogP contribution in [-0.2, 0) is 0 Å². The molecule has 0 saturated carbocycles. The van der Waals surface area contributed by atoms with Gasteiger partial charge < -0.3 is 15.1 Å². The zero-order chi connectivity index (χ0) is 7.44. The maximum Gasteiger partial charge on any atom is 0.193 e. The van der Waals surface area contributed by atoms with Gasteiger partial charge in [0.15, 0.2) is 6.29 Å². The molecule has 0 aromatic rings. The molecule has 0 rings (SSSR count). The molecule has 0 bridgehead atoms. The monoisotopic (exact) mass is 131 g/mol. The lowest BCUT2D eigenvalue weighted by molar-refractivity contribution is -0.0238. The number of hydrogen-bond acceptors (Lipinski definition) is 3. The summed E-state index contributed by atoms with van der Waals surface area (Å²) in [6, 6.07) is 0. The van der Waals surface area contributed by atoms with Gasteiger partial charge >= 0.3 is 0 Å². The second-order valence-corrected chi connectivity index (χ2v) is 1.98. The van der Waals surface area contributed by atoms with Crippen molar-refractivity contribution in [2.24, 2.45) is 0 Å². The lowest BCUT2D eigenvalue weighted by Crippen LogP contribution is -2.22. The third-order valence-corrected chi connectivity index (χ3v) is 1.08. The minimum atomic E-state index is -1.36. The molecule has 0 heterocycles. The van der Waals surface area contributed by atoms with Crippen LogP contribution in [0, 0.1) is 0 Å². The maximum absolute atomic E-state index is 8.63. The molecule has 3 nitrogen and oxygen atoms in total. The van der Waals surface area contributed by atoms with E-state index >= 15 is 0 Å². The smallest absolute Gasteiger partial charge is 0.193 e. The van der Waals surface area contributed by atoms with Gasteiger partial charge in [-0.3, -0.25) is 0 Å². The van der Waals surface area contributed by atoms with E-state index in [1.165, 1.54) is 0 Å². The molecular weight excluding hydrogens is 118 g/mol. The SMILES string of the molecule is CC=C(C(O)O)N(C)C. The highest BCUT2D eigenvalue weighted by atomic mass is 16.5. The van der Waals surface area contributed by atoms with E-state index < -0.39 is 6.29 Å². The average molecular weight is 131 g/mol. The summed E-state index contributed by atoms with van der Waals surface area (Å²) >= 11 is 0. The van der Waals surface area contributed by atoms with Gasteiger partial charge in [-0.05, 0) is 6.92 Å². The molecule has 0 atom stereocenters. The highest BCUT2D eigenvalue weighted by Crippen LogP contribution is 2.00. The average Bonchev–Trinajstić information content (AvgIpc) is 1.64. The van der Waals surface area contributed by atoms with E-state index in [9.17, 15) is 0 Å². The van der Waals surface area contributed by atoms with Crippen molar-refractivity contribution in [3.05, 3.63) is 11.8 Å². The van der Waals surface area contributed by atoms with Gasteiger partial charge in [0.25, 0.3) is 0 Å². The van der Waals surface area contributed by atoms with Crippen LogP contribution in [0.2, 0.25) is 0 Å². The Bertz CT molecular complexity index is 97.6. The van der Waals surface area contributed by atoms with Crippen LogP contribution in [-0.4, -0.2) is 35.5 Å². The van der Waals surface area contributed by atoms with E-state index in [-0.39, 0.29) is 0 Å². The Morgan fingerprint density at radius 3 is 1.89 bits per heavy atom. The fraction of sp³-hybridized carbons (Fsp3) is 0.667. The molecule has 0 aliphatic heterocycles. The lowest BCUT2D eigenvalue weighted by Gasteiger charge is -2.17. The summed E-state index contributed by atoms with van der Waals surface area (Å²) in [6.45, 7) is 1.76. The lowest BCUT2D eigenvalue weighted by atomic mass is 10.4. The Morgan fingerprint density at radius 2 is 1.89 bits per heavy atom. The number of aliphatic hydroxyl groups is 2. The van der Waals surface area contributed by atoms with E-state index in [1.807, 2.05) is 0 Å². The molecule has 0 fully saturated rings. The Morgan fingerprint density at radius 1 is 1.44 bits per heavy atom. The fourth-order valence-electron chi connectivity index (χ4n) is 0.638. The first-order valence-electron chi connectivity index (χ1n) is 2.79. The van der Waals surface area contributed by atoms with Gasteiger partial charge in [0, 0.05) is 14.1 Å². The predicted molar refractivity (Wildman–Crippen MR) is 35.7 cm³/mol. The van der Waals surface area contributed by atoms with Crippen LogP contribution in [0.25, 0.3) is 0 Å². The molecule has 2 N–H and O–H groups in total. The quantitative estimate of drug-likeness (QED) is 0.508. The van der Waals surface area contributed by atoms with Gasteiger partial charge in [-0.1, -0.05) is 6.08 Å². The van der Waals surface area contributed by atoms with E-state index in [4.69, 9.17) is 10.2 Å². The Balaban J connectivity index is 4.01. The second kappa shape index (κ2) is 3.48. The molecule has 9 heavy (non-hydrogen) atoms. The minimum Gasteiger partial charge on any atom is -0.377 e. The Hall–Kier alpha value is -0.540. The first-order valence-corrected chi connectivity index (χ1v) is 2.79. The zero-order valence-corrected chi connectivity index (χ0v) is 6.00. The van der Waals surface area contributed by atoms with Crippen LogP contribution >= 0.6 is 0 Å². The van der Waals surface area contributed by atoms with Crippen LogP contribution in [0.5, 0.6) is 0 Å². The van der Waals surface area contributed by atoms with Crippen molar-refractivity contribution < 1.29 is 10.2 Å². The molecule has 54 valence electrons. The second-order valence-electron chi connectivity index (χ2n) is 1.98. The molecule has 0 aromatic carbocycles. The van der Waals surface area contributed by atoms with Crippen molar-refractivity contribution >= 4 is 0 Å². The fourth-order valence-corrected chi connectivity index (χ4v) is 0.638. The number of nitrogens with zero attached hydrogens (tertiary/aromatic N) is 1. The molecule has 3 heteroatoms. The summed E-state index contributed by atoms with van der Waals surface area (Å²) < 4.78 is 0. The minimum absolute atomic E-state index is 0.509. The molecule has 0 unspecified atom stereocenters. The van der Waals surface area contributed by atoms with Gasteiger partial charge in [-0.2, -0.15) is 0 Å². The van der Waals surface area contributed by atoms with Crippen molar-refractivity contribution in [3.8, 4) is 0 Å². The first-order chi connectivity index (χ1) is 4.09. The predicted octanol–water partition coefficient (Wildman–Crippen LogP) is -0.238. The number of rotatable bonds is 2. The molecule has 0 aliphatic carbocycles. The topological polar surface area (TPSA) is 43.7 Å². The summed E-state index contributed by atoms with van der Waals surface area (Å²) in [5.41, 5.74) is 0.509. The van der Waals surface area contributed by atoms with Crippen LogP contribution in [0.15, 0.2) is 11.8 Å². The highest BCUT2D eigenvalue weighted by Gasteiger charge is 2.05. The summed E-state index contributed by atoms with van der Waals surface area (Å²) in [4.78, 5) is 1.66. The van der Waals surface area contributed by atoms with Gasteiger partial charge in [0.1, 0.15) is 0 Å². The number of hydrogen-bond donors (Lipinski definition) is 2. The summed E-state index contributed by atoms with van der Waals surface area (Å²) in [5, 5.41) is 17.3. The highest BCUT2D eigenvalue weighted by molar-refractivity contribution is 4.99. The number of aliphatic hydroxyl groups excluding tert-OH is 1. The van der Waals surface area contributed by atoms with Crippen molar-refractivity contribution in [1.29, 1.82) is 0 Å². The van der Waals surface area contributed by atoms with Gasteiger partial charge in [-0.25, -0.2) is 0 Å². The molecule has 0 spiro atoms. The third kappa shape index (κ3) is 2.49. The first kappa shape index (κ1) is 8.46. The van der Waals surface area contributed by atoms with Crippen molar-refractivity contribution in [1.82, 2.24) is 4.90 Å². The van der Waals surface area contributed by atoms with Crippen molar-refractivity contribution in [2.75, 3.05) is 14.1 Å². The summed E-state index contributed by atoms with van der Waals surface area (Å²) in [7, 11) is 3.52. The number of likely N-dealkylation sites (N-methyl/N-ethyl adjacent to an activating group) is 1. The largest absolute Gasteiger partial charge is 0.377 e. The van der Waals surface area contributed by atoms with Crippen LogP contribution in [0.1, 0.15) is 6.92 Å².